The Morgan fingerprint density at radius 3 is 2.47 bits per heavy atom. The first-order valence-corrected chi connectivity index (χ1v) is 5.56. The number of benzene rings is 1. The minimum absolute atomic E-state index is 0.203. The minimum atomic E-state index is 0.203. The molecule has 0 bridgehead atoms. The molecule has 0 atom stereocenters. The highest BCUT2D eigenvalue weighted by Gasteiger charge is 2.13. The normalized spacial score (nSPS) is 10.3. The minimum Gasteiger partial charge on any atom is -0.394 e. The lowest BCUT2D eigenvalue weighted by Crippen LogP contribution is -2.15. The molecular formula is C12H13ClN4. The molecule has 2 rings (SSSR count). The number of nitrogens with zero attached hydrogens (tertiary/aromatic N) is 3. The van der Waals surface area contributed by atoms with E-state index >= 15 is 0 Å². The van der Waals surface area contributed by atoms with E-state index in [1.165, 1.54) is 0 Å². The molecule has 88 valence electrons. The van der Waals surface area contributed by atoms with Crippen LogP contribution < -0.4 is 10.6 Å². The number of hydrogen-bond donors (Lipinski definition) is 1. The summed E-state index contributed by atoms with van der Waals surface area (Å²) in [4.78, 5) is 10.1. The van der Waals surface area contributed by atoms with Crippen LogP contribution in [0.5, 0.6) is 0 Å². The van der Waals surface area contributed by atoms with Crippen LogP contribution in [0.2, 0.25) is 5.28 Å². The molecule has 0 spiro atoms. The molecule has 0 radical (unpaired) electrons. The van der Waals surface area contributed by atoms with Gasteiger partial charge in [0.2, 0.25) is 5.28 Å². The highest BCUT2D eigenvalue weighted by Crippen LogP contribution is 2.29. The standard InChI is InChI=1S/C12H13ClN4/c1-8-10(14)11(16-12(13)15-8)17(2)9-6-4-3-5-7-9/h3-7H,14H2,1-2H3. The average Bonchev–Trinajstić information content (AvgIpc) is 2.34. The molecule has 5 heteroatoms. The van der Waals surface area contributed by atoms with Crippen molar-refractivity contribution >= 4 is 28.8 Å². The van der Waals surface area contributed by atoms with E-state index in [4.69, 9.17) is 17.3 Å². The second kappa shape index (κ2) is 4.59. The molecule has 0 fully saturated rings. The Morgan fingerprint density at radius 2 is 1.82 bits per heavy atom. The van der Waals surface area contributed by atoms with Gasteiger partial charge in [-0.3, -0.25) is 0 Å². The first kappa shape index (κ1) is 11.7. The van der Waals surface area contributed by atoms with Gasteiger partial charge in [0.15, 0.2) is 5.82 Å². The predicted octanol–water partition coefficient (Wildman–Crippen LogP) is 2.79. The van der Waals surface area contributed by atoms with E-state index in [1.807, 2.05) is 49.2 Å². The second-order valence-corrected chi connectivity index (χ2v) is 4.05. The van der Waals surface area contributed by atoms with Gasteiger partial charge in [-0.05, 0) is 30.7 Å². The van der Waals surface area contributed by atoms with Crippen LogP contribution in [0.25, 0.3) is 0 Å². The summed E-state index contributed by atoms with van der Waals surface area (Å²) in [7, 11) is 1.89. The Hall–Kier alpha value is -1.81. The van der Waals surface area contributed by atoms with Crippen LogP contribution in [-0.2, 0) is 0 Å². The molecule has 1 heterocycles. The van der Waals surface area contributed by atoms with Crippen LogP contribution in [0.1, 0.15) is 5.69 Å². The molecule has 1 aromatic heterocycles. The Bertz CT molecular complexity index is 528. The maximum atomic E-state index is 5.96. The zero-order chi connectivity index (χ0) is 12.4. The number of rotatable bonds is 2. The Labute approximate surface area is 105 Å². The first-order chi connectivity index (χ1) is 8.09. The fraction of sp³-hybridized carbons (Fsp3) is 0.167. The average molecular weight is 249 g/mol. The summed E-state index contributed by atoms with van der Waals surface area (Å²) in [6.07, 6.45) is 0. The molecule has 0 amide bonds. The maximum absolute atomic E-state index is 5.96. The summed E-state index contributed by atoms with van der Waals surface area (Å²) in [5.74, 6) is 0.619. The van der Waals surface area contributed by atoms with Crippen molar-refractivity contribution in [3.8, 4) is 0 Å². The molecular weight excluding hydrogens is 236 g/mol. The van der Waals surface area contributed by atoms with Gasteiger partial charge >= 0.3 is 0 Å². The fourth-order valence-electron chi connectivity index (χ4n) is 1.56. The summed E-state index contributed by atoms with van der Waals surface area (Å²) in [5, 5.41) is 0.203. The number of anilines is 3. The van der Waals surface area contributed by atoms with Gasteiger partial charge in [-0.25, -0.2) is 4.98 Å². The maximum Gasteiger partial charge on any atom is 0.224 e. The third-order valence-electron chi connectivity index (χ3n) is 2.55. The lowest BCUT2D eigenvalue weighted by Gasteiger charge is -2.20. The van der Waals surface area contributed by atoms with E-state index in [1.54, 1.807) is 0 Å². The van der Waals surface area contributed by atoms with Gasteiger partial charge in [0.25, 0.3) is 0 Å². The molecule has 0 unspecified atom stereocenters. The van der Waals surface area contributed by atoms with E-state index in [0.717, 1.165) is 5.69 Å². The van der Waals surface area contributed by atoms with Gasteiger partial charge in [-0.2, -0.15) is 4.98 Å². The van der Waals surface area contributed by atoms with Crippen LogP contribution in [0.15, 0.2) is 30.3 Å². The third kappa shape index (κ3) is 2.31. The zero-order valence-electron chi connectivity index (χ0n) is 9.68. The number of aromatic nitrogens is 2. The van der Waals surface area contributed by atoms with Crippen LogP contribution in [0.3, 0.4) is 0 Å². The van der Waals surface area contributed by atoms with Gasteiger partial charge in [0, 0.05) is 12.7 Å². The number of aryl methyl sites for hydroxylation is 1. The monoisotopic (exact) mass is 248 g/mol. The van der Waals surface area contributed by atoms with Crippen molar-refractivity contribution in [2.45, 2.75) is 6.92 Å². The fourth-order valence-corrected chi connectivity index (χ4v) is 1.77. The molecule has 0 aliphatic carbocycles. The van der Waals surface area contributed by atoms with E-state index < -0.39 is 0 Å². The van der Waals surface area contributed by atoms with E-state index in [-0.39, 0.29) is 5.28 Å². The molecule has 2 N–H and O–H groups in total. The van der Waals surface area contributed by atoms with E-state index in [0.29, 0.717) is 17.2 Å². The number of nitrogen functional groups attached to an aromatic ring is 1. The summed E-state index contributed by atoms with van der Waals surface area (Å²) < 4.78 is 0. The van der Waals surface area contributed by atoms with Crippen molar-refractivity contribution in [1.29, 1.82) is 0 Å². The van der Waals surface area contributed by atoms with Gasteiger partial charge in [0.05, 0.1) is 11.4 Å². The van der Waals surface area contributed by atoms with Crippen LogP contribution in [0, 0.1) is 6.92 Å². The highest BCUT2D eigenvalue weighted by molar-refractivity contribution is 6.28. The van der Waals surface area contributed by atoms with Gasteiger partial charge in [-0.15, -0.1) is 0 Å². The summed E-state index contributed by atoms with van der Waals surface area (Å²) in [5.41, 5.74) is 8.18. The Morgan fingerprint density at radius 1 is 1.18 bits per heavy atom. The van der Waals surface area contributed by atoms with Crippen molar-refractivity contribution in [3.05, 3.63) is 41.3 Å². The first-order valence-electron chi connectivity index (χ1n) is 5.18. The molecule has 17 heavy (non-hydrogen) atoms. The smallest absolute Gasteiger partial charge is 0.224 e. The van der Waals surface area contributed by atoms with Gasteiger partial charge in [0.1, 0.15) is 0 Å². The predicted molar refractivity (Wildman–Crippen MR) is 70.7 cm³/mol. The molecule has 0 aliphatic rings. The molecule has 0 saturated heterocycles. The van der Waals surface area contributed by atoms with E-state index in [9.17, 15) is 0 Å². The summed E-state index contributed by atoms with van der Waals surface area (Å²) in [6.45, 7) is 1.81. The molecule has 1 aromatic carbocycles. The van der Waals surface area contributed by atoms with Crippen molar-refractivity contribution < 1.29 is 0 Å². The van der Waals surface area contributed by atoms with Gasteiger partial charge in [-0.1, -0.05) is 18.2 Å². The Balaban J connectivity index is 2.48. The second-order valence-electron chi connectivity index (χ2n) is 3.71. The third-order valence-corrected chi connectivity index (χ3v) is 2.72. The number of halogens is 1. The SMILES string of the molecule is Cc1nc(Cl)nc(N(C)c2ccccc2)c1N. The van der Waals surface area contributed by atoms with E-state index in [2.05, 4.69) is 9.97 Å². The summed E-state index contributed by atoms with van der Waals surface area (Å²) in [6, 6.07) is 9.82. The van der Waals surface area contributed by atoms with Crippen LogP contribution >= 0.6 is 11.6 Å². The highest BCUT2D eigenvalue weighted by atomic mass is 35.5. The van der Waals surface area contributed by atoms with Gasteiger partial charge < -0.3 is 10.6 Å². The van der Waals surface area contributed by atoms with Crippen LogP contribution in [0.4, 0.5) is 17.2 Å². The van der Waals surface area contributed by atoms with Crippen molar-refractivity contribution in [1.82, 2.24) is 9.97 Å². The molecule has 2 aromatic rings. The largest absolute Gasteiger partial charge is 0.394 e. The van der Waals surface area contributed by atoms with Crippen LogP contribution in [-0.4, -0.2) is 17.0 Å². The molecule has 0 saturated carbocycles. The number of para-hydroxylation sites is 1. The number of nitrogens with two attached hydrogens (primary N) is 1. The topological polar surface area (TPSA) is 55.0 Å². The lowest BCUT2D eigenvalue weighted by molar-refractivity contribution is 1.05. The Kier molecular flexibility index (Phi) is 3.15. The van der Waals surface area contributed by atoms with Crippen molar-refractivity contribution in [3.63, 3.8) is 0 Å². The van der Waals surface area contributed by atoms with Crippen molar-refractivity contribution in [2.24, 2.45) is 0 Å². The molecule has 0 aliphatic heterocycles. The quantitative estimate of drug-likeness (QED) is 0.831. The van der Waals surface area contributed by atoms with Crippen molar-refractivity contribution in [2.75, 3.05) is 17.7 Å². The zero-order valence-corrected chi connectivity index (χ0v) is 10.4. The summed E-state index contributed by atoms with van der Waals surface area (Å²) >= 11 is 5.85. The number of hydrogen-bond acceptors (Lipinski definition) is 4. The molecule has 4 nitrogen and oxygen atoms in total. The lowest BCUT2D eigenvalue weighted by atomic mass is 10.2.